The molecule has 25 heavy (non-hydrogen) atoms. The van der Waals surface area contributed by atoms with Crippen molar-refractivity contribution in [3.05, 3.63) is 23.8 Å². The lowest BCUT2D eigenvalue weighted by Gasteiger charge is -2.35. The summed E-state index contributed by atoms with van der Waals surface area (Å²) in [5.74, 6) is 0.591. The van der Waals surface area contributed by atoms with E-state index in [1.165, 1.54) is 19.8 Å². The second kappa shape index (κ2) is 8.85. The minimum absolute atomic E-state index is 0.135. The van der Waals surface area contributed by atoms with E-state index < -0.39 is 0 Å². The molecule has 6 nitrogen and oxygen atoms in total. The normalized spacial score (nSPS) is 19.1. The first-order chi connectivity index (χ1) is 11.8. The van der Waals surface area contributed by atoms with Gasteiger partial charge >= 0.3 is 6.03 Å². The molecule has 0 spiro atoms. The summed E-state index contributed by atoms with van der Waals surface area (Å²) < 4.78 is 0. The van der Waals surface area contributed by atoms with Crippen LogP contribution in [0.15, 0.2) is 18.2 Å². The highest BCUT2D eigenvalue weighted by atomic mass is 16.2. The van der Waals surface area contributed by atoms with E-state index in [9.17, 15) is 9.59 Å². The van der Waals surface area contributed by atoms with Gasteiger partial charge in [0.15, 0.2) is 0 Å². The molecule has 2 atom stereocenters. The lowest BCUT2D eigenvalue weighted by atomic mass is 9.99. The van der Waals surface area contributed by atoms with Crippen LogP contribution in [0.3, 0.4) is 0 Å². The molecule has 1 heterocycles. The highest BCUT2D eigenvalue weighted by Gasteiger charge is 2.21. The minimum atomic E-state index is -0.222. The summed E-state index contributed by atoms with van der Waals surface area (Å²) in [6.07, 6.45) is 2.52. The van der Waals surface area contributed by atoms with Gasteiger partial charge < -0.3 is 16.0 Å². The number of carbonyl (C=O) groups excluding carboxylic acids is 2. The van der Waals surface area contributed by atoms with E-state index >= 15 is 0 Å². The molecule has 1 aromatic carbocycles. The highest BCUT2D eigenvalue weighted by molar-refractivity contribution is 5.93. The largest absolute Gasteiger partial charge is 0.336 e. The summed E-state index contributed by atoms with van der Waals surface area (Å²) in [5, 5.41) is 8.55. The predicted molar refractivity (Wildman–Crippen MR) is 102 cm³/mol. The Morgan fingerprint density at radius 1 is 1.32 bits per heavy atom. The Kier molecular flexibility index (Phi) is 6.82. The van der Waals surface area contributed by atoms with E-state index in [2.05, 4.69) is 34.7 Å². The molecule has 1 aliphatic heterocycles. The molecule has 1 fully saturated rings. The van der Waals surface area contributed by atoms with E-state index in [1.54, 1.807) is 6.07 Å². The molecule has 3 N–H and O–H groups in total. The number of hydrogen-bond acceptors (Lipinski definition) is 3. The third-order valence-corrected chi connectivity index (χ3v) is 4.68. The Balaban J connectivity index is 1.86. The van der Waals surface area contributed by atoms with Gasteiger partial charge in [-0.2, -0.15) is 0 Å². The van der Waals surface area contributed by atoms with Gasteiger partial charge in [-0.15, -0.1) is 0 Å². The van der Waals surface area contributed by atoms with Crippen molar-refractivity contribution in [1.82, 2.24) is 10.2 Å². The van der Waals surface area contributed by atoms with Crippen LogP contribution in [0, 0.1) is 12.8 Å². The number of piperidine rings is 1. The number of nitrogens with zero attached hydrogens (tertiary/aromatic N) is 1. The molecule has 1 aliphatic rings. The number of rotatable bonds is 5. The maximum Gasteiger partial charge on any atom is 0.319 e. The Labute approximate surface area is 150 Å². The molecule has 0 unspecified atom stereocenters. The van der Waals surface area contributed by atoms with Crippen molar-refractivity contribution in [2.75, 3.05) is 30.3 Å². The second-order valence-electron chi connectivity index (χ2n) is 7.14. The van der Waals surface area contributed by atoms with Crippen LogP contribution in [0.25, 0.3) is 0 Å². The summed E-state index contributed by atoms with van der Waals surface area (Å²) in [5.41, 5.74) is 2.31. The van der Waals surface area contributed by atoms with Crippen molar-refractivity contribution in [2.45, 2.75) is 46.6 Å². The zero-order valence-electron chi connectivity index (χ0n) is 15.7. The van der Waals surface area contributed by atoms with Crippen LogP contribution < -0.4 is 16.0 Å². The molecule has 3 amide bonds. The first kappa shape index (κ1) is 19.2. The molecule has 2 rings (SSSR count). The average Bonchev–Trinajstić information content (AvgIpc) is 2.55. The number of anilines is 2. The van der Waals surface area contributed by atoms with E-state index in [4.69, 9.17) is 0 Å². The number of hydrogen-bond donors (Lipinski definition) is 3. The van der Waals surface area contributed by atoms with Crippen LogP contribution in [0.2, 0.25) is 0 Å². The van der Waals surface area contributed by atoms with Crippen LogP contribution in [0.1, 0.15) is 39.2 Å². The van der Waals surface area contributed by atoms with E-state index in [0.29, 0.717) is 24.0 Å². The van der Waals surface area contributed by atoms with Gasteiger partial charge in [-0.3, -0.25) is 9.69 Å². The molecule has 138 valence electrons. The number of carbonyl (C=O) groups is 2. The van der Waals surface area contributed by atoms with Crippen molar-refractivity contribution in [3.8, 4) is 0 Å². The first-order valence-corrected chi connectivity index (χ1v) is 9.02. The monoisotopic (exact) mass is 346 g/mol. The van der Waals surface area contributed by atoms with Gasteiger partial charge in [0.05, 0.1) is 0 Å². The topological polar surface area (TPSA) is 73.5 Å². The molecule has 1 saturated heterocycles. The van der Waals surface area contributed by atoms with Crippen molar-refractivity contribution in [3.63, 3.8) is 0 Å². The van der Waals surface area contributed by atoms with Crippen LogP contribution in [-0.2, 0) is 4.79 Å². The zero-order valence-corrected chi connectivity index (χ0v) is 15.7. The van der Waals surface area contributed by atoms with Gasteiger partial charge in [0.25, 0.3) is 0 Å². The van der Waals surface area contributed by atoms with Gasteiger partial charge in [0.1, 0.15) is 0 Å². The Morgan fingerprint density at radius 2 is 2.08 bits per heavy atom. The van der Waals surface area contributed by atoms with Crippen LogP contribution in [0.4, 0.5) is 16.2 Å². The predicted octanol–water partition coefficient (Wildman–Crippen LogP) is 3.20. The zero-order chi connectivity index (χ0) is 18.4. The van der Waals surface area contributed by atoms with Gasteiger partial charge in [0, 0.05) is 37.4 Å². The summed E-state index contributed by atoms with van der Waals surface area (Å²) in [7, 11) is 0. The minimum Gasteiger partial charge on any atom is -0.336 e. The summed E-state index contributed by atoms with van der Waals surface area (Å²) in [6, 6.07) is 5.56. The average molecular weight is 346 g/mol. The smallest absolute Gasteiger partial charge is 0.319 e. The van der Waals surface area contributed by atoms with Crippen LogP contribution in [-0.4, -0.2) is 42.5 Å². The maximum absolute atomic E-state index is 12.2. The quantitative estimate of drug-likeness (QED) is 0.766. The van der Waals surface area contributed by atoms with Gasteiger partial charge in [0.2, 0.25) is 5.91 Å². The van der Waals surface area contributed by atoms with E-state index in [1.807, 2.05) is 19.1 Å². The van der Waals surface area contributed by atoms with Gasteiger partial charge in [-0.05, 0) is 56.8 Å². The SMILES string of the molecule is CC(=O)Nc1ccc(C)c(NC(=O)NC[C@H](C)N2CCC[C@@H](C)C2)c1. The Bertz CT molecular complexity index is 617. The Hall–Kier alpha value is -2.08. The molecule has 0 bridgehead atoms. The molecular formula is C19H30N4O2. The third kappa shape index (κ3) is 6.05. The summed E-state index contributed by atoms with van der Waals surface area (Å²) >= 11 is 0. The second-order valence-corrected chi connectivity index (χ2v) is 7.14. The number of nitrogens with one attached hydrogen (secondary N) is 3. The number of amides is 3. The molecule has 1 aromatic rings. The fourth-order valence-corrected chi connectivity index (χ4v) is 3.20. The van der Waals surface area contributed by atoms with Crippen molar-refractivity contribution in [1.29, 1.82) is 0 Å². The molecule has 0 radical (unpaired) electrons. The molecule has 0 aliphatic carbocycles. The summed E-state index contributed by atoms with van der Waals surface area (Å²) in [6.45, 7) is 10.6. The van der Waals surface area contributed by atoms with Crippen LogP contribution in [0.5, 0.6) is 0 Å². The fourth-order valence-electron chi connectivity index (χ4n) is 3.20. The van der Waals surface area contributed by atoms with Crippen molar-refractivity contribution < 1.29 is 9.59 Å². The van der Waals surface area contributed by atoms with Gasteiger partial charge in [-0.25, -0.2) is 4.79 Å². The van der Waals surface area contributed by atoms with Crippen molar-refractivity contribution in [2.24, 2.45) is 5.92 Å². The molecule has 0 saturated carbocycles. The van der Waals surface area contributed by atoms with E-state index in [-0.39, 0.29) is 11.9 Å². The Morgan fingerprint density at radius 3 is 2.76 bits per heavy atom. The lowest BCUT2D eigenvalue weighted by molar-refractivity contribution is -0.114. The van der Waals surface area contributed by atoms with Crippen LogP contribution >= 0.6 is 0 Å². The molecule has 0 aromatic heterocycles. The number of urea groups is 1. The van der Waals surface area contributed by atoms with Gasteiger partial charge in [-0.1, -0.05) is 13.0 Å². The number of aryl methyl sites for hydroxylation is 1. The van der Waals surface area contributed by atoms with Crippen molar-refractivity contribution >= 4 is 23.3 Å². The fraction of sp³-hybridized carbons (Fsp3) is 0.579. The highest BCUT2D eigenvalue weighted by Crippen LogP contribution is 2.20. The number of likely N-dealkylation sites (tertiary alicyclic amines) is 1. The number of benzene rings is 1. The maximum atomic E-state index is 12.2. The summed E-state index contributed by atoms with van der Waals surface area (Å²) in [4.78, 5) is 25.8. The first-order valence-electron chi connectivity index (χ1n) is 9.02. The third-order valence-electron chi connectivity index (χ3n) is 4.68. The van der Waals surface area contributed by atoms with E-state index in [0.717, 1.165) is 24.6 Å². The lowest BCUT2D eigenvalue weighted by Crippen LogP contribution is -2.47. The standard InChI is InChI=1S/C19H30N4O2/c1-13-6-5-9-23(12-13)15(3)11-20-19(25)22-18-10-17(21-16(4)24)8-7-14(18)2/h7-8,10,13,15H,5-6,9,11-12H2,1-4H3,(H,21,24)(H2,20,22,25)/t13-,15+/m1/s1. The molecular weight excluding hydrogens is 316 g/mol. The molecule has 6 heteroatoms.